The van der Waals surface area contributed by atoms with Crippen LogP contribution < -0.4 is 5.32 Å². The molecule has 0 radical (unpaired) electrons. The molecule has 2 heterocycles. The second-order valence-corrected chi connectivity index (χ2v) is 9.30. The predicted octanol–water partition coefficient (Wildman–Crippen LogP) is 4.59. The number of hydrogen-bond donors (Lipinski definition) is 1. The number of aromatic nitrogens is 2. The molecule has 0 aliphatic rings. The topological polar surface area (TPSA) is 89.0 Å². The number of carbonyl (C=O) groups is 1. The van der Waals surface area contributed by atoms with Gasteiger partial charge in [0.1, 0.15) is 11.5 Å². The maximum absolute atomic E-state index is 12.7. The number of pyridine rings is 2. The molecule has 0 aliphatic carbocycles. The lowest BCUT2D eigenvalue weighted by atomic mass is 10.2. The van der Waals surface area contributed by atoms with Crippen LogP contribution in [0.25, 0.3) is 0 Å². The summed E-state index contributed by atoms with van der Waals surface area (Å²) < 4.78 is 63.2. The van der Waals surface area contributed by atoms with Gasteiger partial charge in [-0.1, -0.05) is 30.4 Å². The molecule has 3 aromatic rings. The Balaban J connectivity index is 1.93. The molecule has 1 aromatic carbocycles. The lowest BCUT2D eigenvalue weighted by Crippen LogP contribution is -2.20. The van der Waals surface area contributed by atoms with E-state index in [9.17, 15) is 26.4 Å². The molecule has 0 unspecified atom stereocenters. The smallest absolute Gasteiger partial charge is 0.305 e. The van der Waals surface area contributed by atoms with Crippen LogP contribution in [0.1, 0.15) is 34.1 Å². The Bertz CT molecular complexity index is 1350. The number of anilines is 1. The third-order valence-electron chi connectivity index (χ3n) is 4.31. The van der Waals surface area contributed by atoms with Crippen LogP contribution in [0.4, 0.5) is 19.0 Å². The molecule has 0 saturated carbocycles. The Morgan fingerprint density at radius 1 is 1.03 bits per heavy atom. The number of hydrogen-bond acceptors (Lipinski definition) is 5. The molecule has 6 nitrogen and oxygen atoms in total. The fourth-order valence-electron chi connectivity index (χ4n) is 2.56. The molecule has 0 spiro atoms. The second-order valence-electron chi connectivity index (χ2n) is 6.62. The number of sulfone groups is 1. The number of alkyl halides is 3. The van der Waals surface area contributed by atoms with E-state index in [1.165, 1.54) is 19.2 Å². The average molecular weight is 494 g/mol. The quantitative estimate of drug-likeness (QED) is 0.537. The van der Waals surface area contributed by atoms with Gasteiger partial charge >= 0.3 is 6.18 Å². The molecule has 2 aromatic heterocycles. The van der Waals surface area contributed by atoms with Crippen molar-refractivity contribution in [2.75, 3.05) is 11.1 Å². The van der Waals surface area contributed by atoms with Crippen LogP contribution in [-0.4, -0.2) is 30.0 Å². The summed E-state index contributed by atoms with van der Waals surface area (Å²) in [5.74, 6) is 4.19. The molecule has 1 amide bonds. The van der Waals surface area contributed by atoms with Gasteiger partial charge in [0, 0.05) is 28.5 Å². The first-order valence-electron chi connectivity index (χ1n) is 9.34. The van der Waals surface area contributed by atoms with Gasteiger partial charge < -0.3 is 5.32 Å². The second kappa shape index (κ2) is 9.60. The first-order chi connectivity index (χ1) is 15.5. The minimum atomic E-state index is -4.58. The van der Waals surface area contributed by atoms with Gasteiger partial charge in [-0.05, 0) is 42.5 Å². The summed E-state index contributed by atoms with van der Waals surface area (Å²) >= 11 is 5.83. The lowest BCUT2D eigenvalue weighted by Gasteiger charge is -2.10. The molecule has 3 rings (SSSR count). The van der Waals surface area contributed by atoms with Gasteiger partial charge in [-0.3, -0.25) is 4.79 Å². The zero-order valence-corrected chi connectivity index (χ0v) is 18.5. The summed E-state index contributed by atoms with van der Waals surface area (Å²) in [5, 5.41) is 2.80. The van der Waals surface area contributed by atoms with Crippen molar-refractivity contribution in [1.82, 2.24) is 9.97 Å². The average Bonchev–Trinajstić information content (AvgIpc) is 2.78. The monoisotopic (exact) mass is 493 g/mol. The third-order valence-corrected chi connectivity index (χ3v) is 6.30. The van der Waals surface area contributed by atoms with Gasteiger partial charge in [-0.2, -0.15) is 13.2 Å². The van der Waals surface area contributed by atoms with Crippen molar-refractivity contribution in [2.45, 2.75) is 18.0 Å². The zero-order valence-electron chi connectivity index (χ0n) is 16.9. The highest BCUT2D eigenvalue weighted by atomic mass is 35.5. The van der Waals surface area contributed by atoms with Crippen molar-refractivity contribution in [2.24, 2.45) is 0 Å². The summed E-state index contributed by atoms with van der Waals surface area (Å²) in [7, 11) is -3.88. The first-order valence-corrected chi connectivity index (χ1v) is 11.4. The Kier molecular flexibility index (Phi) is 7.05. The number of nitrogens with one attached hydrogen (secondary N) is 1. The van der Waals surface area contributed by atoms with E-state index in [0.717, 1.165) is 12.1 Å². The van der Waals surface area contributed by atoms with Gasteiger partial charge in [0.2, 0.25) is 0 Å². The molecule has 11 heteroatoms. The predicted molar refractivity (Wildman–Crippen MR) is 117 cm³/mol. The number of benzene rings is 1. The Morgan fingerprint density at radius 2 is 1.70 bits per heavy atom. The molecule has 0 bridgehead atoms. The molecular formula is C22H15ClF3N3O3S. The fraction of sp³-hybridized carbons (Fsp3) is 0.136. The van der Waals surface area contributed by atoms with Crippen molar-refractivity contribution in [1.29, 1.82) is 0 Å². The van der Waals surface area contributed by atoms with Gasteiger partial charge in [0.05, 0.1) is 16.2 Å². The highest BCUT2D eigenvalue weighted by molar-refractivity contribution is 7.91. The van der Waals surface area contributed by atoms with Gasteiger partial charge in [0.15, 0.2) is 9.84 Å². The Morgan fingerprint density at radius 3 is 2.27 bits per heavy atom. The van der Waals surface area contributed by atoms with E-state index in [1.54, 1.807) is 24.3 Å². The molecule has 0 aliphatic heterocycles. The van der Waals surface area contributed by atoms with E-state index in [4.69, 9.17) is 11.6 Å². The van der Waals surface area contributed by atoms with Crippen molar-refractivity contribution < 1.29 is 26.4 Å². The number of nitrogens with zero attached hydrogens (tertiary/aromatic N) is 2. The molecular weight excluding hydrogens is 479 g/mol. The molecule has 1 N–H and O–H groups in total. The van der Waals surface area contributed by atoms with Crippen LogP contribution in [0.5, 0.6) is 0 Å². The van der Waals surface area contributed by atoms with E-state index >= 15 is 0 Å². The van der Waals surface area contributed by atoms with Crippen molar-refractivity contribution >= 4 is 33.2 Å². The lowest BCUT2D eigenvalue weighted by molar-refractivity contribution is -0.137. The Hall–Kier alpha value is -3.42. The van der Waals surface area contributed by atoms with Gasteiger partial charge in [-0.25, -0.2) is 18.4 Å². The largest absolute Gasteiger partial charge is 0.417 e. The van der Waals surface area contributed by atoms with Crippen LogP contribution in [0.2, 0.25) is 5.02 Å². The molecule has 0 fully saturated rings. The van der Waals surface area contributed by atoms with Crippen molar-refractivity contribution in [3.63, 3.8) is 0 Å². The number of amides is 1. The highest BCUT2D eigenvalue weighted by Gasteiger charge is 2.31. The molecule has 33 heavy (non-hydrogen) atoms. The zero-order chi connectivity index (χ0) is 24.2. The summed E-state index contributed by atoms with van der Waals surface area (Å²) in [5.41, 5.74) is -0.525. The van der Waals surface area contributed by atoms with Crippen LogP contribution in [-0.2, 0) is 16.0 Å². The van der Waals surface area contributed by atoms with E-state index in [2.05, 4.69) is 27.1 Å². The standard InChI is InChI=1S/C22H15ClF3N3O3S/c1-2-33(31,32)18-11-15(4-3-14-5-8-17(23)9-6-14)12-28-20(18)21(30)29-19-10-7-16(13-27-19)22(24,25)26/h5-13H,2H2,1H3,(H,27,29,30). The maximum Gasteiger partial charge on any atom is 0.417 e. The van der Waals surface area contributed by atoms with Crippen molar-refractivity contribution in [3.8, 4) is 11.8 Å². The van der Waals surface area contributed by atoms with Crippen LogP contribution >= 0.6 is 11.6 Å². The maximum atomic E-state index is 12.7. The normalized spacial score (nSPS) is 11.4. The third kappa shape index (κ3) is 6.09. The highest BCUT2D eigenvalue weighted by Crippen LogP contribution is 2.29. The summed E-state index contributed by atoms with van der Waals surface area (Å²) in [6.45, 7) is 1.40. The van der Waals surface area contributed by atoms with E-state index < -0.39 is 33.2 Å². The van der Waals surface area contributed by atoms with Crippen LogP contribution in [0.15, 0.2) is 59.8 Å². The van der Waals surface area contributed by atoms with E-state index in [0.29, 0.717) is 16.8 Å². The minimum Gasteiger partial charge on any atom is -0.305 e. The minimum absolute atomic E-state index is 0.193. The van der Waals surface area contributed by atoms with Gasteiger partial charge in [-0.15, -0.1) is 0 Å². The summed E-state index contributed by atoms with van der Waals surface area (Å²) in [4.78, 5) is 19.8. The molecule has 170 valence electrons. The fourth-order valence-corrected chi connectivity index (χ4v) is 3.75. The van der Waals surface area contributed by atoms with Crippen molar-refractivity contribution in [3.05, 3.63) is 82.3 Å². The molecule has 0 atom stereocenters. The number of rotatable bonds is 4. The number of halogens is 4. The molecule has 0 saturated heterocycles. The van der Waals surface area contributed by atoms with Gasteiger partial charge in [0.25, 0.3) is 5.91 Å². The number of carbonyl (C=O) groups excluding carboxylic acids is 1. The van der Waals surface area contributed by atoms with Crippen LogP contribution in [0.3, 0.4) is 0 Å². The van der Waals surface area contributed by atoms with Crippen LogP contribution in [0, 0.1) is 11.8 Å². The Labute approximate surface area is 192 Å². The first kappa shape index (κ1) is 24.2. The SMILES string of the molecule is CCS(=O)(=O)c1cc(C#Cc2ccc(Cl)cc2)cnc1C(=O)Nc1ccc(C(F)(F)F)cn1. The summed E-state index contributed by atoms with van der Waals surface area (Å²) in [6.07, 6.45) is -2.79. The summed E-state index contributed by atoms with van der Waals surface area (Å²) in [6, 6.07) is 9.61. The van der Waals surface area contributed by atoms with E-state index in [-0.39, 0.29) is 22.0 Å². The van der Waals surface area contributed by atoms with E-state index in [1.807, 2.05) is 0 Å².